The van der Waals surface area contributed by atoms with Crippen molar-refractivity contribution in [3.8, 4) is 0 Å². The zero-order valence-corrected chi connectivity index (χ0v) is 12.3. The smallest absolute Gasteiger partial charge is 0.233 e. The van der Waals surface area contributed by atoms with Gasteiger partial charge in [-0.05, 0) is 31.6 Å². The molecule has 0 aliphatic carbocycles. The van der Waals surface area contributed by atoms with Crippen molar-refractivity contribution in [3.05, 3.63) is 0 Å². The largest absolute Gasteiger partial charge is 0.409 e. The van der Waals surface area contributed by atoms with Crippen molar-refractivity contribution in [2.24, 2.45) is 22.7 Å². The lowest BCUT2D eigenvalue weighted by Gasteiger charge is -2.38. The van der Waals surface area contributed by atoms with Crippen molar-refractivity contribution in [1.29, 1.82) is 0 Å². The first-order valence-electron chi connectivity index (χ1n) is 7.30. The molecule has 0 aromatic carbocycles. The summed E-state index contributed by atoms with van der Waals surface area (Å²) in [5, 5.41) is 11.9. The number of piperidine rings is 1. The highest BCUT2D eigenvalue weighted by Gasteiger charge is 2.34. The van der Waals surface area contributed by atoms with Gasteiger partial charge in [0.05, 0.1) is 0 Å². The van der Waals surface area contributed by atoms with Crippen molar-refractivity contribution in [2.75, 3.05) is 6.54 Å². The molecule has 0 spiro atoms. The number of nitrogens with zero attached hydrogens (tertiary/aromatic N) is 2. The molecular formula is C14H27N3O2. The minimum Gasteiger partial charge on any atom is -0.409 e. The molecule has 1 heterocycles. The summed E-state index contributed by atoms with van der Waals surface area (Å²) in [5.41, 5.74) is 5.70. The molecule has 0 aromatic heterocycles. The Morgan fingerprint density at radius 2 is 2.16 bits per heavy atom. The van der Waals surface area contributed by atoms with E-state index < -0.39 is 5.92 Å². The molecule has 1 rings (SSSR count). The second-order valence-electron chi connectivity index (χ2n) is 5.72. The molecular weight excluding hydrogens is 242 g/mol. The fraction of sp³-hybridized carbons (Fsp3) is 0.857. The first-order chi connectivity index (χ1) is 9.02. The van der Waals surface area contributed by atoms with Crippen molar-refractivity contribution in [2.45, 2.75) is 58.9 Å². The van der Waals surface area contributed by atoms with Crippen molar-refractivity contribution >= 4 is 11.7 Å². The Balaban J connectivity index is 2.87. The molecule has 1 aliphatic heterocycles. The maximum atomic E-state index is 12.7. The van der Waals surface area contributed by atoms with E-state index in [1.54, 1.807) is 0 Å². The van der Waals surface area contributed by atoms with E-state index in [0.717, 1.165) is 32.2 Å². The van der Waals surface area contributed by atoms with Gasteiger partial charge in [-0.15, -0.1) is 0 Å². The van der Waals surface area contributed by atoms with Gasteiger partial charge in [-0.1, -0.05) is 32.3 Å². The second kappa shape index (κ2) is 7.36. The standard InChI is InChI=1S/C14H27N3O2/c1-4-7-11-8-5-6-9-17(11)14(18)12(10(2)3)13(15)16-19/h10-12,19H,4-9H2,1-3H3,(H2,15,16). The molecule has 1 aliphatic rings. The average molecular weight is 269 g/mol. The number of amides is 1. The van der Waals surface area contributed by atoms with E-state index in [0.29, 0.717) is 6.04 Å². The number of oxime groups is 1. The van der Waals surface area contributed by atoms with Crippen LogP contribution in [0.25, 0.3) is 0 Å². The highest BCUT2D eigenvalue weighted by atomic mass is 16.4. The molecule has 1 fully saturated rings. The van der Waals surface area contributed by atoms with Gasteiger partial charge in [-0.25, -0.2) is 0 Å². The Kier molecular flexibility index (Phi) is 6.12. The molecule has 110 valence electrons. The molecule has 2 unspecified atom stereocenters. The van der Waals surface area contributed by atoms with Crippen LogP contribution in [0.3, 0.4) is 0 Å². The van der Waals surface area contributed by atoms with Crippen LogP contribution in [-0.2, 0) is 4.79 Å². The molecule has 2 atom stereocenters. The highest BCUT2D eigenvalue weighted by Crippen LogP contribution is 2.25. The monoisotopic (exact) mass is 269 g/mol. The maximum absolute atomic E-state index is 12.7. The lowest BCUT2D eigenvalue weighted by atomic mass is 9.90. The molecule has 1 saturated heterocycles. The molecule has 1 amide bonds. The van der Waals surface area contributed by atoms with Crippen LogP contribution in [0.1, 0.15) is 52.9 Å². The van der Waals surface area contributed by atoms with Crippen molar-refractivity contribution < 1.29 is 10.0 Å². The van der Waals surface area contributed by atoms with Gasteiger partial charge in [-0.2, -0.15) is 0 Å². The Labute approximate surface area is 115 Å². The molecule has 5 nitrogen and oxygen atoms in total. The van der Waals surface area contributed by atoms with Crippen LogP contribution in [0, 0.1) is 11.8 Å². The maximum Gasteiger partial charge on any atom is 0.233 e. The van der Waals surface area contributed by atoms with Crippen LogP contribution in [-0.4, -0.2) is 34.4 Å². The van der Waals surface area contributed by atoms with Gasteiger partial charge >= 0.3 is 0 Å². The van der Waals surface area contributed by atoms with Gasteiger partial charge in [0, 0.05) is 12.6 Å². The summed E-state index contributed by atoms with van der Waals surface area (Å²) in [5.74, 6) is -0.431. The predicted molar refractivity (Wildman–Crippen MR) is 76.0 cm³/mol. The highest BCUT2D eigenvalue weighted by molar-refractivity contribution is 6.02. The Morgan fingerprint density at radius 1 is 1.47 bits per heavy atom. The van der Waals surface area contributed by atoms with E-state index in [4.69, 9.17) is 10.9 Å². The van der Waals surface area contributed by atoms with Crippen LogP contribution in [0.15, 0.2) is 5.16 Å². The van der Waals surface area contributed by atoms with E-state index in [2.05, 4.69) is 12.1 Å². The van der Waals surface area contributed by atoms with Gasteiger partial charge < -0.3 is 15.8 Å². The fourth-order valence-corrected chi connectivity index (χ4v) is 2.92. The minimum absolute atomic E-state index is 0.0171. The molecule has 0 radical (unpaired) electrons. The van der Waals surface area contributed by atoms with Crippen LogP contribution < -0.4 is 5.73 Å². The summed E-state index contributed by atoms with van der Waals surface area (Å²) >= 11 is 0. The number of rotatable bonds is 5. The minimum atomic E-state index is -0.512. The van der Waals surface area contributed by atoms with E-state index >= 15 is 0 Å². The summed E-state index contributed by atoms with van der Waals surface area (Å²) in [7, 11) is 0. The molecule has 0 bridgehead atoms. The summed E-state index contributed by atoms with van der Waals surface area (Å²) in [6, 6.07) is 0.319. The lowest BCUT2D eigenvalue weighted by Crippen LogP contribution is -2.50. The number of amidine groups is 1. The number of carbonyl (C=O) groups excluding carboxylic acids is 1. The van der Waals surface area contributed by atoms with Crippen molar-refractivity contribution in [1.82, 2.24) is 4.90 Å². The number of likely N-dealkylation sites (tertiary alicyclic amines) is 1. The van der Waals surface area contributed by atoms with Crippen LogP contribution in [0.4, 0.5) is 0 Å². The van der Waals surface area contributed by atoms with E-state index in [-0.39, 0.29) is 17.7 Å². The predicted octanol–water partition coefficient (Wildman–Crippen LogP) is 2.19. The SMILES string of the molecule is CCCC1CCCCN1C(=O)C(C(N)=NO)C(C)C. The third-order valence-electron chi connectivity index (χ3n) is 3.90. The third kappa shape index (κ3) is 3.85. The molecule has 3 N–H and O–H groups in total. The summed E-state index contributed by atoms with van der Waals surface area (Å²) < 4.78 is 0. The zero-order chi connectivity index (χ0) is 14.4. The van der Waals surface area contributed by atoms with Gasteiger partial charge in [0.1, 0.15) is 5.92 Å². The van der Waals surface area contributed by atoms with Crippen LogP contribution in [0.2, 0.25) is 0 Å². The van der Waals surface area contributed by atoms with Crippen LogP contribution in [0.5, 0.6) is 0 Å². The van der Waals surface area contributed by atoms with E-state index in [9.17, 15) is 4.79 Å². The first-order valence-corrected chi connectivity index (χ1v) is 7.30. The average Bonchev–Trinajstić information content (AvgIpc) is 2.39. The quantitative estimate of drug-likeness (QED) is 0.347. The number of hydrogen-bond donors (Lipinski definition) is 2. The van der Waals surface area contributed by atoms with Gasteiger partial charge in [-0.3, -0.25) is 4.79 Å². The van der Waals surface area contributed by atoms with Crippen LogP contribution >= 0.6 is 0 Å². The number of carbonyl (C=O) groups is 1. The third-order valence-corrected chi connectivity index (χ3v) is 3.90. The number of hydrogen-bond acceptors (Lipinski definition) is 3. The van der Waals surface area contributed by atoms with Crippen molar-refractivity contribution in [3.63, 3.8) is 0 Å². The molecule has 5 heteroatoms. The number of nitrogens with two attached hydrogens (primary N) is 1. The Morgan fingerprint density at radius 3 is 2.68 bits per heavy atom. The Hall–Kier alpha value is -1.26. The molecule has 0 saturated carbocycles. The van der Waals surface area contributed by atoms with Gasteiger partial charge in [0.15, 0.2) is 5.84 Å². The van der Waals surface area contributed by atoms with Gasteiger partial charge in [0.2, 0.25) is 5.91 Å². The zero-order valence-electron chi connectivity index (χ0n) is 12.3. The normalized spacial score (nSPS) is 22.6. The lowest BCUT2D eigenvalue weighted by molar-refractivity contribution is -0.138. The summed E-state index contributed by atoms with van der Waals surface area (Å²) in [4.78, 5) is 14.6. The summed E-state index contributed by atoms with van der Waals surface area (Å²) in [6.07, 6.45) is 5.41. The van der Waals surface area contributed by atoms with E-state index in [1.165, 1.54) is 6.42 Å². The molecule has 19 heavy (non-hydrogen) atoms. The van der Waals surface area contributed by atoms with E-state index in [1.807, 2.05) is 18.7 Å². The topological polar surface area (TPSA) is 78.9 Å². The Bertz CT molecular complexity index is 327. The molecule has 0 aromatic rings. The fourth-order valence-electron chi connectivity index (χ4n) is 2.92. The summed E-state index contributed by atoms with van der Waals surface area (Å²) in [6.45, 7) is 6.80. The second-order valence-corrected chi connectivity index (χ2v) is 5.72. The van der Waals surface area contributed by atoms with Gasteiger partial charge in [0.25, 0.3) is 0 Å². The first kappa shape index (κ1) is 15.8.